The first-order chi connectivity index (χ1) is 17.2. The van der Waals surface area contributed by atoms with Gasteiger partial charge in [0.25, 0.3) is 0 Å². The normalized spacial score (nSPS) is 12.1. The monoisotopic (exact) mass is 501 g/mol. The Balaban J connectivity index is 1.40. The summed E-state index contributed by atoms with van der Waals surface area (Å²) in [5.74, 6) is -1.23. The van der Waals surface area contributed by atoms with E-state index in [0.717, 1.165) is 11.3 Å². The Labute approximate surface area is 203 Å². The van der Waals surface area contributed by atoms with Crippen molar-refractivity contribution in [3.05, 3.63) is 66.2 Å². The first-order valence-corrected chi connectivity index (χ1v) is 10.7. The topological polar surface area (TPSA) is 121 Å². The van der Waals surface area contributed by atoms with Crippen molar-refractivity contribution in [1.82, 2.24) is 30.1 Å². The fourth-order valence-electron chi connectivity index (χ4n) is 3.07. The van der Waals surface area contributed by atoms with E-state index in [9.17, 15) is 13.2 Å². The standard InChI is InChI=1S/C23H22F3N7O3/c1-22(2,35-13-34-3)18-7-5-14(10-29-18)17-8-9-27-21(31-17)30-12-16-6-4-15(11-28-16)19-32-20(36-33-19)23(24,25)26/h4-11H,12-13H2,1-3H3,(H,27,30,31). The molecule has 0 fully saturated rings. The average Bonchev–Trinajstić information content (AvgIpc) is 3.38. The molecule has 0 atom stereocenters. The first kappa shape index (κ1) is 25.1. The molecule has 0 spiro atoms. The van der Waals surface area contributed by atoms with Crippen LogP contribution in [0.4, 0.5) is 19.1 Å². The van der Waals surface area contributed by atoms with Crippen LogP contribution in [0.25, 0.3) is 22.6 Å². The van der Waals surface area contributed by atoms with Crippen LogP contribution in [0.15, 0.2) is 53.4 Å². The van der Waals surface area contributed by atoms with Gasteiger partial charge in [-0.15, -0.1) is 0 Å². The lowest BCUT2D eigenvalue weighted by atomic mass is 10.0. The van der Waals surface area contributed by atoms with Gasteiger partial charge in [0.1, 0.15) is 12.4 Å². The Morgan fingerprint density at radius 3 is 2.36 bits per heavy atom. The molecule has 0 unspecified atom stereocenters. The summed E-state index contributed by atoms with van der Waals surface area (Å²) >= 11 is 0. The lowest BCUT2D eigenvalue weighted by molar-refractivity contribution is -0.159. The smallest absolute Gasteiger partial charge is 0.359 e. The van der Waals surface area contributed by atoms with Gasteiger partial charge in [-0.2, -0.15) is 18.2 Å². The second-order valence-corrected chi connectivity index (χ2v) is 8.07. The molecule has 1 N–H and O–H groups in total. The van der Waals surface area contributed by atoms with E-state index in [1.807, 2.05) is 26.0 Å². The quantitative estimate of drug-likeness (QED) is 0.329. The maximum absolute atomic E-state index is 12.6. The van der Waals surface area contributed by atoms with Crippen LogP contribution in [0.5, 0.6) is 0 Å². The Bertz CT molecular complexity index is 1290. The SMILES string of the molecule is COCOC(C)(C)c1ccc(-c2ccnc(NCc3ccc(-c4noc(C(F)(F)F)n4)cn3)n2)cn1. The lowest BCUT2D eigenvalue weighted by Crippen LogP contribution is -2.24. The number of alkyl halides is 3. The van der Waals surface area contributed by atoms with Crippen LogP contribution >= 0.6 is 0 Å². The van der Waals surface area contributed by atoms with Crippen molar-refractivity contribution in [3.63, 3.8) is 0 Å². The zero-order chi connectivity index (χ0) is 25.8. The number of rotatable bonds is 9. The molecule has 0 aromatic carbocycles. The molecule has 0 saturated carbocycles. The number of aromatic nitrogens is 6. The number of pyridine rings is 2. The maximum Gasteiger partial charge on any atom is 0.471 e. The van der Waals surface area contributed by atoms with E-state index in [4.69, 9.17) is 9.47 Å². The third-order valence-electron chi connectivity index (χ3n) is 5.05. The van der Waals surface area contributed by atoms with Gasteiger partial charge in [0.2, 0.25) is 11.8 Å². The highest BCUT2D eigenvalue weighted by Gasteiger charge is 2.38. The number of nitrogens with zero attached hydrogens (tertiary/aromatic N) is 6. The molecule has 0 aliphatic heterocycles. The van der Waals surface area contributed by atoms with Crippen molar-refractivity contribution >= 4 is 5.95 Å². The predicted molar refractivity (Wildman–Crippen MR) is 121 cm³/mol. The van der Waals surface area contributed by atoms with Crippen molar-refractivity contribution in [3.8, 4) is 22.6 Å². The van der Waals surface area contributed by atoms with E-state index in [-0.39, 0.29) is 19.2 Å². The zero-order valence-corrected chi connectivity index (χ0v) is 19.6. The summed E-state index contributed by atoms with van der Waals surface area (Å²) < 4.78 is 52.8. The molecule has 4 aromatic heterocycles. The molecular weight excluding hydrogens is 479 g/mol. The predicted octanol–water partition coefficient (Wildman–Crippen LogP) is 4.47. The number of hydrogen-bond acceptors (Lipinski definition) is 10. The fourth-order valence-corrected chi connectivity index (χ4v) is 3.07. The Kier molecular flexibility index (Phi) is 7.22. The largest absolute Gasteiger partial charge is 0.471 e. The number of anilines is 1. The summed E-state index contributed by atoms with van der Waals surface area (Å²) in [6.07, 6.45) is -0.00833. The summed E-state index contributed by atoms with van der Waals surface area (Å²) in [5.41, 5.74) is 2.51. The van der Waals surface area contributed by atoms with Crippen molar-refractivity contribution in [2.45, 2.75) is 32.2 Å². The molecule has 4 aromatic rings. The van der Waals surface area contributed by atoms with Gasteiger partial charge in [-0.3, -0.25) is 9.97 Å². The van der Waals surface area contributed by atoms with Crippen LogP contribution in [-0.4, -0.2) is 44.0 Å². The Hall–Kier alpha value is -3.97. The Morgan fingerprint density at radius 1 is 0.944 bits per heavy atom. The van der Waals surface area contributed by atoms with Gasteiger partial charge >= 0.3 is 12.1 Å². The van der Waals surface area contributed by atoms with E-state index in [2.05, 4.69) is 39.9 Å². The number of methoxy groups -OCH3 is 1. The van der Waals surface area contributed by atoms with Gasteiger partial charge < -0.3 is 19.3 Å². The molecule has 13 heteroatoms. The molecule has 10 nitrogen and oxygen atoms in total. The number of ether oxygens (including phenoxy) is 2. The minimum Gasteiger partial charge on any atom is -0.359 e. The van der Waals surface area contributed by atoms with Crippen molar-refractivity contribution in [2.24, 2.45) is 0 Å². The minimum absolute atomic E-state index is 0.158. The van der Waals surface area contributed by atoms with Gasteiger partial charge in [-0.05, 0) is 44.2 Å². The van der Waals surface area contributed by atoms with E-state index in [0.29, 0.717) is 22.9 Å². The van der Waals surface area contributed by atoms with Crippen LogP contribution in [0.3, 0.4) is 0 Å². The van der Waals surface area contributed by atoms with Gasteiger partial charge in [0.15, 0.2) is 0 Å². The van der Waals surface area contributed by atoms with Crippen molar-refractivity contribution in [2.75, 3.05) is 19.2 Å². The van der Waals surface area contributed by atoms with Crippen molar-refractivity contribution in [1.29, 1.82) is 0 Å². The van der Waals surface area contributed by atoms with Crippen LogP contribution in [0, 0.1) is 0 Å². The molecule has 36 heavy (non-hydrogen) atoms. The van der Waals surface area contributed by atoms with E-state index >= 15 is 0 Å². The molecule has 0 radical (unpaired) electrons. The van der Waals surface area contributed by atoms with E-state index < -0.39 is 17.7 Å². The third-order valence-corrected chi connectivity index (χ3v) is 5.05. The summed E-state index contributed by atoms with van der Waals surface area (Å²) in [4.78, 5) is 20.8. The molecule has 0 aliphatic carbocycles. The number of halogens is 3. The summed E-state index contributed by atoms with van der Waals surface area (Å²) in [5, 5.41) is 6.42. The molecule has 4 rings (SSSR count). The van der Waals surface area contributed by atoms with Gasteiger partial charge in [0, 0.05) is 36.8 Å². The molecule has 0 amide bonds. The molecule has 4 heterocycles. The van der Waals surface area contributed by atoms with Crippen LogP contribution < -0.4 is 5.32 Å². The highest BCUT2D eigenvalue weighted by Crippen LogP contribution is 2.29. The van der Waals surface area contributed by atoms with Gasteiger partial charge in [0.05, 0.1) is 23.6 Å². The molecule has 0 saturated heterocycles. The van der Waals surface area contributed by atoms with E-state index in [1.165, 1.54) is 6.20 Å². The zero-order valence-electron chi connectivity index (χ0n) is 19.6. The number of nitrogens with one attached hydrogen (secondary N) is 1. The average molecular weight is 501 g/mol. The summed E-state index contributed by atoms with van der Waals surface area (Å²) in [7, 11) is 1.56. The van der Waals surface area contributed by atoms with Crippen LogP contribution in [0.2, 0.25) is 0 Å². The van der Waals surface area contributed by atoms with Crippen molar-refractivity contribution < 1.29 is 27.2 Å². The first-order valence-electron chi connectivity index (χ1n) is 10.7. The third kappa shape index (κ3) is 5.98. The van der Waals surface area contributed by atoms with Gasteiger partial charge in [-0.1, -0.05) is 5.16 Å². The molecule has 0 bridgehead atoms. The lowest BCUT2D eigenvalue weighted by Gasteiger charge is -2.24. The van der Waals surface area contributed by atoms with Crippen LogP contribution in [0.1, 0.15) is 31.1 Å². The van der Waals surface area contributed by atoms with Crippen LogP contribution in [-0.2, 0) is 27.8 Å². The fraction of sp³-hybridized carbons (Fsp3) is 0.304. The summed E-state index contributed by atoms with van der Waals surface area (Å²) in [6, 6.07) is 8.71. The van der Waals surface area contributed by atoms with Gasteiger partial charge in [-0.25, -0.2) is 9.97 Å². The molecule has 188 valence electrons. The second-order valence-electron chi connectivity index (χ2n) is 8.07. The molecular formula is C23H22F3N7O3. The Morgan fingerprint density at radius 2 is 1.72 bits per heavy atom. The number of hydrogen-bond donors (Lipinski definition) is 1. The maximum atomic E-state index is 12.6. The highest BCUT2D eigenvalue weighted by atomic mass is 19.4. The molecule has 0 aliphatic rings. The highest BCUT2D eigenvalue weighted by molar-refractivity contribution is 5.59. The van der Waals surface area contributed by atoms with E-state index in [1.54, 1.807) is 37.7 Å². The summed E-state index contributed by atoms with van der Waals surface area (Å²) in [6.45, 7) is 4.25. The second kappa shape index (κ2) is 10.3. The minimum atomic E-state index is -4.70.